The molecule has 1 aliphatic rings. The summed E-state index contributed by atoms with van der Waals surface area (Å²) < 4.78 is 0. The molecule has 0 atom stereocenters. The number of piperazine rings is 1. The Balaban J connectivity index is 0.00000128. The zero-order valence-corrected chi connectivity index (χ0v) is 11.3. The van der Waals surface area contributed by atoms with Crippen LogP contribution in [0.5, 0.6) is 0 Å². The maximum absolute atomic E-state index is 4.08. The minimum absolute atomic E-state index is 0. The van der Waals surface area contributed by atoms with Gasteiger partial charge in [-0.25, -0.2) is 0 Å². The molecule has 2 heterocycles. The molecule has 1 aliphatic heterocycles. The summed E-state index contributed by atoms with van der Waals surface area (Å²) in [4.78, 5) is 6.52. The van der Waals surface area contributed by atoms with Crippen LogP contribution in [0.4, 0.5) is 0 Å². The number of rotatable bonds is 3. The van der Waals surface area contributed by atoms with Gasteiger partial charge in [-0.15, -0.1) is 24.8 Å². The van der Waals surface area contributed by atoms with Crippen LogP contribution in [0.15, 0.2) is 30.6 Å². The number of hydrogen-bond donors (Lipinski definition) is 1. The predicted molar refractivity (Wildman–Crippen MR) is 77.1 cm³/mol. The van der Waals surface area contributed by atoms with Crippen molar-refractivity contribution in [2.24, 2.45) is 0 Å². The molecule has 0 aliphatic carbocycles. The summed E-state index contributed by atoms with van der Waals surface area (Å²) in [7, 11) is 0. The van der Waals surface area contributed by atoms with Crippen LogP contribution < -0.4 is 5.32 Å². The minimum Gasteiger partial charge on any atom is -0.314 e. The van der Waals surface area contributed by atoms with E-state index in [0.717, 1.165) is 32.7 Å². The van der Waals surface area contributed by atoms with E-state index in [1.807, 2.05) is 12.3 Å². The van der Waals surface area contributed by atoms with E-state index < -0.39 is 0 Å². The van der Waals surface area contributed by atoms with Gasteiger partial charge < -0.3 is 5.32 Å². The summed E-state index contributed by atoms with van der Waals surface area (Å²) in [5, 5.41) is 3.35. The van der Waals surface area contributed by atoms with Gasteiger partial charge in [0.1, 0.15) is 0 Å². The lowest BCUT2D eigenvalue weighted by Crippen LogP contribution is -2.43. The summed E-state index contributed by atoms with van der Waals surface area (Å²) in [6.07, 6.45) is 8.03. The molecular weight excluding hydrogens is 257 g/mol. The van der Waals surface area contributed by atoms with E-state index in [0.29, 0.717) is 0 Å². The fourth-order valence-electron chi connectivity index (χ4n) is 1.71. The number of aromatic nitrogens is 1. The van der Waals surface area contributed by atoms with Gasteiger partial charge in [0.15, 0.2) is 0 Å². The van der Waals surface area contributed by atoms with E-state index in [4.69, 9.17) is 0 Å². The van der Waals surface area contributed by atoms with Gasteiger partial charge in [-0.05, 0) is 11.6 Å². The summed E-state index contributed by atoms with van der Waals surface area (Å²) in [6.45, 7) is 5.56. The smallest absolute Gasteiger partial charge is 0.0340 e. The number of hydrogen-bond acceptors (Lipinski definition) is 3. The molecule has 0 saturated carbocycles. The standard InChI is InChI=1S/C12H17N3.2ClH/c1-3-12(11-14-5-1)4-2-8-15-9-6-13-7-10-15;;/h1-5,11,13H,6-10H2;2*1H/b4-2+;;. The van der Waals surface area contributed by atoms with E-state index in [1.54, 1.807) is 6.20 Å². The minimum atomic E-state index is 0. The molecule has 0 amide bonds. The molecule has 96 valence electrons. The first kappa shape index (κ1) is 16.4. The fourth-order valence-corrected chi connectivity index (χ4v) is 1.71. The van der Waals surface area contributed by atoms with Crippen LogP contribution in [-0.4, -0.2) is 42.6 Å². The van der Waals surface area contributed by atoms with Crippen LogP contribution in [0.1, 0.15) is 5.56 Å². The van der Waals surface area contributed by atoms with Crippen LogP contribution >= 0.6 is 24.8 Å². The van der Waals surface area contributed by atoms with Crippen molar-refractivity contribution in [1.82, 2.24) is 15.2 Å². The molecular formula is C12H19Cl2N3. The summed E-state index contributed by atoms with van der Waals surface area (Å²) >= 11 is 0. The molecule has 1 N–H and O–H groups in total. The normalized spacial score (nSPS) is 16.2. The Labute approximate surface area is 115 Å². The van der Waals surface area contributed by atoms with Crippen molar-refractivity contribution < 1.29 is 0 Å². The first-order chi connectivity index (χ1) is 7.45. The lowest BCUT2D eigenvalue weighted by molar-refractivity contribution is 0.265. The van der Waals surface area contributed by atoms with Crippen molar-refractivity contribution in [3.63, 3.8) is 0 Å². The number of halogens is 2. The quantitative estimate of drug-likeness (QED) is 0.913. The Kier molecular flexibility index (Phi) is 9.09. The Morgan fingerprint density at radius 3 is 2.71 bits per heavy atom. The van der Waals surface area contributed by atoms with E-state index in [2.05, 4.69) is 33.4 Å². The van der Waals surface area contributed by atoms with Gasteiger partial charge in [-0.1, -0.05) is 18.2 Å². The largest absolute Gasteiger partial charge is 0.314 e. The fraction of sp³-hybridized carbons (Fsp3) is 0.417. The van der Waals surface area contributed by atoms with Crippen molar-refractivity contribution in [3.8, 4) is 0 Å². The molecule has 1 aromatic rings. The highest BCUT2D eigenvalue weighted by atomic mass is 35.5. The predicted octanol–water partition coefficient (Wildman–Crippen LogP) is 1.84. The molecule has 5 heteroatoms. The first-order valence-corrected chi connectivity index (χ1v) is 5.45. The van der Waals surface area contributed by atoms with Crippen LogP contribution in [-0.2, 0) is 0 Å². The summed E-state index contributed by atoms with van der Waals surface area (Å²) in [5.41, 5.74) is 1.17. The van der Waals surface area contributed by atoms with Crippen LogP contribution in [0.3, 0.4) is 0 Å². The lowest BCUT2D eigenvalue weighted by atomic mass is 10.2. The third kappa shape index (κ3) is 6.03. The molecule has 0 bridgehead atoms. The summed E-state index contributed by atoms with van der Waals surface area (Å²) in [6, 6.07) is 4.03. The molecule has 1 aromatic heterocycles. The topological polar surface area (TPSA) is 28.2 Å². The average molecular weight is 276 g/mol. The third-order valence-electron chi connectivity index (χ3n) is 2.57. The van der Waals surface area contributed by atoms with E-state index in [9.17, 15) is 0 Å². The lowest BCUT2D eigenvalue weighted by Gasteiger charge is -2.25. The highest BCUT2D eigenvalue weighted by molar-refractivity contribution is 5.85. The molecule has 17 heavy (non-hydrogen) atoms. The van der Waals surface area contributed by atoms with E-state index >= 15 is 0 Å². The number of nitrogens with zero attached hydrogens (tertiary/aromatic N) is 2. The molecule has 1 fully saturated rings. The van der Waals surface area contributed by atoms with Crippen molar-refractivity contribution in [1.29, 1.82) is 0 Å². The Hall–Kier alpha value is -0.610. The maximum atomic E-state index is 4.08. The van der Waals surface area contributed by atoms with Gasteiger partial charge in [0.25, 0.3) is 0 Å². The second-order valence-electron chi connectivity index (χ2n) is 3.74. The maximum Gasteiger partial charge on any atom is 0.0340 e. The molecule has 0 aromatic carbocycles. The van der Waals surface area contributed by atoms with Crippen molar-refractivity contribution in [2.45, 2.75) is 0 Å². The zero-order chi connectivity index (χ0) is 10.3. The highest BCUT2D eigenvalue weighted by Crippen LogP contribution is 1.99. The van der Waals surface area contributed by atoms with E-state index in [1.165, 1.54) is 5.56 Å². The average Bonchev–Trinajstić information content (AvgIpc) is 2.32. The van der Waals surface area contributed by atoms with Gasteiger partial charge >= 0.3 is 0 Å². The van der Waals surface area contributed by atoms with Crippen molar-refractivity contribution >= 4 is 30.9 Å². The zero-order valence-electron chi connectivity index (χ0n) is 9.71. The Morgan fingerprint density at radius 1 is 1.29 bits per heavy atom. The first-order valence-electron chi connectivity index (χ1n) is 5.45. The van der Waals surface area contributed by atoms with Crippen molar-refractivity contribution in [2.75, 3.05) is 32.7 Å². The van der Waals surface area contributed by atoms with Gasteiger partial charge in [-0.2, -0.15) is 0 Å². The third-order valence-corrected chi connectivity index (χ3v) is 2.57. The monoisotopic (exact) mass is 275 g/mol. The van der Waals surface area contributed by atoms with Gasteiger partial charge in [0, 0.05) is 45.1 Å². The molecule has 1 saturated heterocycles. The van der Waals surface area contributed by atoms with Gasteiger partial charge in [0.2, 0.25) is 0 Å². The number of pyridine rings is 1. The summed E-state index contributed by atoms with van der Waals surface area (Å²) in [5.74, 6) is 0. The SMILES string of the molecule is C(=C\c1cccnc1)/CN1CCNCC1.Cl.Cl. The molecule has 3 nitrogen and oxygen atoms in total. The van der Waals surface area contributed by atoms with Crippen molar-refractivity contribution in [3.05, 3.63) is 36.2 Å². The van der Waals surface area contributed by atoms with Gasteiger partial charge in [0.05, 0.1) is 0 Å². The Bertz CT molecular complexity index is 311. The van der Waals surface area contributed by atoms with Gasteiger partial charge in [-0.3, -0.25) is 9.88 Å². The molecule has 0 radical (unpaired) electrons. The van der Waals surface area contributed by atoms with Crippen LogP contribution in [0, 0.1) is 0 Å². The van der Waals surface area contributed by atoms with Crippen LogP contribution in [0.25, 0.3) is 6.08 Å². The molecule has 0 unspecified atom stereocenters. The van der Waals surface area contributed by atoms with Crippen LogP contribution in [0.2, 0.25) is 0 Å². The molecule has 0 spiro atoms. The second kappa shape index (κ2) is 9.42. The van der Waals surface area contributed by atoms with E-state index in [-0.39, 0.29) is 24.8 Å². The number of nitrogens with one attached hydrogen (secondary N) is 1. The molecule has 2 rings (SSSR count). The second-order valence-corrected chi connectivity index (χ2v) is 3.74. The highest BCUT2D eigenvalue weighted by Gasteiger charge is 2.06. The Morgan fingerprint density at radius 2 is 2.06 bits per heavy atom.